The lowest BCUT2D eigenvalue weighted by Crippen LogP contribution is -2.39. The zero-order chi connectivity index (χ0) is 19.9. The maximum Gasteiger partial charge on any atom is 0.319 e. The summed E-state index contributed by atoms with van der Waals surface area (Å²) in [6, 6.07) is 14.7. The molecule has 0 saturated carbocycles. The van der Waals surface area contributed by atoms with Crippen LogP contribution in [0.1, 0.15) is 25.3 Å². The number of hydrogen-bond donors (Lipinski definition) is 3. The van der Waals surface area contributed by atoms with Crippen LogP contribution in [0.4, 0.5) is 10.5 Å². The number of hydrogen-bond acceptors (Lipinski definition) is 3. The Morgan fingerprint density at radius 1 is 1.18 bits per heavy atom. The average Bonchev–Trinajstić information content (AvgIpc) is 3.09. The van der Waals surface area contributed by atoms with Gasteiger partial charge in [0.2, 0.25) is 0 Å². The molecule has 28 heavy (non-hydrogen) atoms. The summed E-state index contributed by atoms with van der Waals surface area (Å²) in [6.07, 6.45) is 2.73. The molecule has 1 aromatic heterocycles. The van der Waals surface area contributed by atoms with Crippen molar-refractivity contribution >= 4 is 28.6 Å². The molecule has 7 nitrogen and oxygen atoms in total. The van der Waals surface area contributed by atoms with Crippen LogP contribution in [0.3, 0.4) is 0 Å². The molecular formula is C21H24N4O3. The van der Waals surface area contributed by atoms with Gasteiger partial charge < -0.3 is 15.7 Å². The van der Waals surface area contributed by atoms with Crippen molar-refractivity contribution in [3.8, 4) is 0 Å². The maximum absolute atomic E-state index is 12.5. The summed E-state index contributed by atoms with van der Waals surface area (Å²) < 4.78 is 1.86. The highest BCUT2D eigenvalue weighted by atomic mass is 16.4. The first-order chi connectivity index (χ1) is 13.5. The number of carboxylic acids is 1. The third kappa shape index (κ3) is 5.09. The molecule has 7 heteroatoms. The van der Waals surface area contributed by atoms with E-state index < -0.39 is 5.97 Å². The Morgan fingerprint density at radius 2 is 1.96 bits per heavy atom. The van der Waals surface area contributed by atoms with Crippen LogP contribution in [0.25, 0.3) is 10.9 Å². The monoisotopic (exact) mass is 380 g/mol. The number of rotatable bonds is 8. The first-order valence-electron chi connectivity index (χ1n) is 9.34. The van der Waals surface area contributed by atoms with Crippen LogP contribution in [0.15, 0.2) is 54.7 Å². The van der Waals surface area contributed by atoms with E-state index in [-0.39, 0.29) is 18.5 Å². The molecular weight excluding hydrogens is 356 g/mol. The zero-order valence-corrected chi connectivity index (χ0v) is 15.8. The Kier molecular flexibility index (Phi) is 6.26. The molecule has 146 valence electrons. The van der Waals surface area contributed by atoms with Crippen molar-refractivity contribution in [3.63, 3.8) is 0 Å². The van der Waals surface area contributed by atoms with Crippen molar-refractivity contribution in [3.05, 3.63) is 60.3 Å². The van der Waals surface area contributed by atoms with Gasteiger partial charge in [0.15, 0.2) is 0 Å². The second-order valence-corrected chi connectivity index (χ2v) is 6.65. The van der Waals surface area contributed by atoms with Gasteiger partial charge in [0.25, 0.3) is 0 Å². The number of fused-ring (bicyclic) bond motifs is 1. The van der Waals surface area contributed by atoms with Crippen molar-refractivity contribution in [1.29, 1.82) is 0 Å². The molecule has 3 aromatic rings. The topological polar surface area (TPSA) is 96.3 Å². The molecule has 0 spiro atoms. The SMILES string of the molecule is CCn1ncc2ccc(NC(=O)NC(CCC(=O)O)Cc3ccccc3)cc21. The molecule has 3 rings (SSSR count). The standard InChI is InChI=1S/C21H24N4O3/c1-2-25-19-13-18(9-8-16(19)14-22-25)24-21(28)23-17(10-11-20(26)27)12-15-6-4-3-5-7-15/h3-9,13-14,17H,2,10-12H2,1H3,(H,26,27)(H2,23,24,28). The summed E-state index contributed by atoms with van der Waals surface area (Å²) in [6.45, 7) is 2.75. The van der Waals surface area contributed by atoms with Crippen molar-refractivity contribution in [1.82, 2.24) is 15.1 Å². The number of benzene rings is 2. The highest BCUT2D eigenvalue weighted by Crippen LogP contribution is 2.19. The highest BCUT2D eigenvalue weighted by Gasteiger charge is 2.15. The van der Waals surface area contributed by atoms with Gasteiger partial charge in [-0.05, 0) is 43.5 Å². The molecule has 0 radical (unpaired) electrons. The molecule has 0 bridgehead atoms. The molecule has 0 fully saturated rings. The van der Waals surface area contributed by atoms with Crippen LogP contribution in [-0.4, -0.2) is 32.9 Å². The molecule has 1 heterocycles. The largest absolute Gasteiger partial charge is 0.481 e. The van der Waals surface area contributed by atoms with Crippen LogP contribution in [0, 0.1) is 0 Å². The lowest BCUT2D eigenvalue weighted by atomic mass is 10.0. The summed E-state index contributed by atoms with van der Waals surface area (Å²) in [7, 11) is 0. The fraction of sp³-hybridized carbons (Fsp3) is 0.286. The Morgan fingerprint density at radius 3 is 2.68 bits per heavy atom. The number of anilines is 1. The van der Waals surface area contributed by atoms with E-state index >= 15 is 0 Å². The molecule has 0 aliphatic heterocycles. The molecule has 2 aromatic carbocycles. The molecule has 0 aliphatic carbocycles. The maximum atomic E-state index is 12.5. The Bertz CT molecular complexity index is 953. The molecule has 0 aliphatic rings. The molecule has 0 saturated heterocycles. The molecule has 2 amide bonds. The minimum atomic E-state index is -0.876. The number of nitrogens with one attached hydrogen (secondary N) is 2. The van der Waals surface area contributed by atoms with Gasteiger partial charge in [-0.3, -0.25) is 9.48 Å². The lowest BCUT2D eigenvalue weighted by molar-refractivity contribution is -0.137. The van der Waals surface area contributed by atoms with Crippen LogP contribution in [0.2, 0.25) is 0 Å². The van der Waals surface area contributed by atoms with Gasteiger partial charge in [0.1, 0.15) is 0 Å². The third-order valence-corrected chi connectivity index (χ3v) is 4.57. The number of aliphatic carboxylic acids is 1. The summed E-state index contributed by atoms with van der Waals surface area (Å²) in [4.78, 5) is 23.5. The predicted octanol–water partition coefficient (Wildman–Crippen LogP) is 3.65. The highest BCUT2D eigenvalue weighted by molar-refractivity contribution is 5.92. The van der Waals surface area contributed by atoms with Crippen molar-refractivity contribution in [2.24, 2.45) is 0 Å². The quantitative estimate of drug-likeness (QED) is 0.556. The van der Waals surface area contributed by atoms with E-state index in [4.69, 9.17) is 5.11 Å². The van der Waals surface area contributed by atoms with Gasteiger partial charge in [-0.1, -0.05) is 30.3 Å². The normalized spacial score (nSPS) is 11.9. The van der Waals surface area contributed by atoms with Crippen LogP contribution in [-0.2, 0) is 17.8 Å². The van der Waals surface area contributed by atoms with E-state index in [0.717, 1.165) is 23.0 Å². The van der Waals surface area contributed by atoms with Gasteiger partial charge >= 0.3 is 12.0 Å². The van der Waals surface area contributed by atoms with Crippen LogP contribution < -0.4 is 10.6 Å². The molecule has 1 atom stereocenters. The van der Waals surface area contributed by atoms with Gasteiger partial charge in [-0.15, -0.1) is 0 Å². The first-order valence-corrected chi connectivity index (χ1v) is 9.34. The van der Waals surface area contributed by atoms with E-state index in [9.17, 15) is 9.59 Å². The Labute approximate surface area is 163 Å². The second-order valence-electron chi connectivity index (χ2n) is 6.65. The van der Waals surface area contributed by atoms with E-state index in [1.165, 1.54) is 0 Å². The third-order valence-electron chi connectivity index (χ3n) is 4.57. The molecule has 3 N–H and O–H groups in total. The lowest BCUT2D eigenvalue weighted by Gasteiger charge is -2.19. The fourth-order valence-electron chi connectivity index (χ4n) is 3.17. The van der Waals surface area contributed by atoms with Gasteiger partial charge in [0.05, 0.1) is 11.7 Å². The van der Waals surface area contributed by atoms with Gasteiger partial charge in [0, 0.05) is 30.1 Å². The first kappa shape index (κ1) is 19.4. The minimum absolute atomic E-state index is 0.000571. The Hall–Kier alpha value is -3.35. The number of carbonyl (C=O) groups excluding carboxylic acids is 1. The number of urea groups is 1. The van der Waals surface area contributed by atoms with Gasteiger partial charge in [-0.2, -0.15) is 5.10 Å². The van der Waals surface area contributed by atoms with E-state index in [1.807, 2.05) is 60.1 Å². The number of carboxylic acid groups (broad SMARTS) is 1. The fourth-order valence-corrected chi connectivity index (χ4v) is 3.17. The van der Waals surface area contributed by atoms with E-state index in [1.54, 1.807) is 6.20 Å². The van der Waals surface area contributed by atoms with Crippen molar-refractivity contribution < 1.29 is 14.7 Å². The average molecular weight is 380 g/mol. The summed E-state index contributed by atoms with van der Waals surface area (Å²) in [5, 5.41) is 20.0. The van der Waals surface area contributed by atoms with E-state index in [0.29, 0.717) is 18.5 Å². The minimum Gasteiger partial charge on any atom is -0.481 e. The Balaban J connectivity index is 1.67. The summed E-state index contributed by atoms with van der Waals surface area (Å²) in [5.41, 5.74) is 2.66. The molecule has 1 unspecified atom stereocenters. The number of nitrogens with zero attached hydrogens (tertiary/aromatic N) is 2. The number of amides is 2. The van der Waals surface area contributed by atoms with E-state index in [2.05, 4.69) is 15.7 Å². The number of aromatic nitrogens is 2. The predicted molar refractivity (Wildman–Crippen MR) is 108 cm³/mol. The zero-order valence-electron chi connectivity index (χ0n) is 15.8. The van der Waals surface area contributed by atoms with Crippen LogP contribution in [0.5, 0.6) is 0 Å². The summed E-state index contributed by atoms with van der Waals surface area (Å²) >= 11 is 0. The number of carbonyl (C=O) groups is 2. The van der Waals surface area contributed by atoms with Crippen molar-refractivity contribution in [2.75, 3.05) is 5.32 Å². The van der Waals surface area contributed by atoms with Crippen molar-refractivity contribution in [2.45, 2.75) is 38.8 Å². The summed E-state index contributed by atoms with van der Waals surface area (Å²) in [5.74, 6) is -0.876. The smallest absolute Gasteiger partial charge is 0.319 e. The second kappa shape index (κ2) is 9.03. The number of aryl methyl sites for hydroxylation is 1. The van der Waals surface area contributed by atoms with Crippen LogP contribution >= 0.6 is 0 Å². The van der Waals surface area contributed by atoms with Gasteiger partial charge in [-0.25, -0.2) is 4.79 Å².